The summed E-state index contributed by atoms with van der Waals surface area (Å²) in [5.74, 6) is -0.972. The van der Waals surface area contributed by atoms with E-state index >= 15 is 0 Å². The fraction of sp³-hybridized carbons (Fsp3) is 0.308. The molecule has 0 bridgehead atoms. The largest absolute Gasteiger partial charge is 0.456 e. The van der Waals surface area contributed by atoms with Crippen molar-refractivity contribution in [3.8, 4) is 0 Å². The van der Waals surface area contributed by atoms with E-state index in [2.05, 4.69) is 0 Å². The molecule has 0 radical (unpaired) electrons. The van der Waals surface area contributed by atoms with Crippen LogP contribution in [-0.2, 0) is 28.5 Å². The van der Waals surface area contributed by atoms with E-state index in [4.69, 9.17) is 18.9 Å². The molecule has 0 aliphatic carbocycles. The number of esters is 2. The van der Waals surface area contributed by atoms with Crippen molar-refractivity contribution in [3.05, 3.63) is 96.1 Å². The lowest BCUT2D eigenvalue weighted by Gasteiger charge is -2.34. The highest BCUT2D eigenvalue weighted by atomic mass is 16.6. The quantitative estimate of drug-likeness (QED) is 0.680. The Balaban J connectivity index is 1.49. The zero-order valence-corrected chi connectivity index (χ0v) is 17.7. The van der Waals surface area contributed by atoms with Gasteiger partial charge in [0.25, 0.3) is 0 Å². The SMILES string of the molecule is O=C1C=C[C@@H]2O[C@H](c3ccccc3)[C@@H](O[C@H](c3ccccc3)[C@H](O)[C@H]3CC=CC(=O)O3)[C@H]2O1. The second-order valence-corrected chi connectivity index (χ2v) is 8.23. The first-order valence-electron chi connectivity index (χ1n) is 10.9. The number of benzene rings is 2. The van der Waals surface area contributed by atoms with Crippen LogP contribution in [0, 0.1) is 0 Å². The van der Waals surface area contributed by atoms with Crippen molar-refractivity contribution in [2.75, 3.05) is 0 Å². The Labute approximate surface area is 191 Å². The summed E-state index contributed by atoms with van der Waals surface area (Å²) in [6.45, 7) is 0. The maximum absolute atomic E-state index is 12.0. The molecular formula is C26H24O7. The highest BCUT2D eigenvalue weighted by molar-refractivity contribution is 5.83. The lowest BCUT2D eigenvalue weighted by molar-refractivity contribution is -0.177. The molecule has 3 heterocycles. The van der Waals surface area contributed by atoms with E-state index in [0.29, 0.717) is 12.0 Å². The molecule has 7 heteroatoms. The maximum atomic E-state index is 12.0. The Kier molecular flexibility index (Phi) is 6.09. The van der Waals surface area contributed by atoms with Crippen LogP contribution in [0.4, 0.5) is 0 Å². The van der Waals surface area contributed by atoms with Gasteiger partial charge >= 0.3 is 11.9 Å². The Morgan fingerprint density at radius 1 is 0.909 bits per heavy atom. The number of hydrogen-bond donors (Lipinski definition) is 1. The van der Waals surface area contributed by atoms with Crippen molar-refractivity contribution in [2.45, 2.75) is 49.1 Å². The molecule has 0 saturated carbocycles. The van der Waals surface area contributed by atoms with Crippen molar-refractivity contribution < 1.29 is 33.6 Å². The Bertz CT molecular complexity index is 1050. The first-order chi connectivity index (χ1) is 16.1. The molecule has 5 rings (SSSR count). The number of ether oxygens (including phenoxy) is 4. The fourth-order valence-corrected chi connectivity index (χ4v) is 4.49. The fourth-order valence-electron chi connectivity index (χ4n) is 4.49. The molecule has 7 nitrogen and oxygen atoms in total. The monoisotopic (exact) mass is 448 g/mol. The van der Waals surface area contributed by atoms with Crippen LogP contribution in [-0.4, -0.2) is 47.6 Å². The zero-order chi connectivity index (χ0) is 22.8. The molecule has 1 N–H and O–H groups in total. The van der Waals surface area contributed by atoms with Crippen LogP contribution in [0.5, 0.6) is 0 Å². The third kappa shape index (κ3) is 4.48. The number of rotatable bonds is 6. The molecule has 2 aromatic rings. The molecule has 1 fully saturated rings. The summed E-state index contributed by atoms with van der Waals surface area (Å²) < 4.78 is 23.7. The molecule has 7 atom stereocenters. The molecule has 3 aliphatic rings. The number of aliphatic hydroxyl groups excluding tert-OH is 1. The van der Waals surface area contributed by atoms with Crippen LogP contribution in [0.2, 0.25) is 0 Å². The summed E-state index contributed by atoms with van der Waals surface area (Å²) >= 11 is 0. The van der Waals surface area contributed by atoms with Gasteiger partial charge in [-0.2, -0.15) is 0 Å². The number of hydrogen-bond acceptors (Lipinski definition) is 7. The van der Waals surface area contributed by atoms with Crippen LogP contribution in [0.3, 0.4) is 0 Å². The van der Waals surface area contributed by atoms with Gasteiger partial charge < -0.3 is 24.1 Å². The second kappa shape index (κ2) is 9.31. The summed E-state index contributed by atoms with van der Waals surface area (Å²) in [6, 6.07) is 18.8. The number of fused-ring (bicyclic) bond motifs is 1. The third-order valence-electron chi connectivity index (χ3n) is 6.06. The highest BCUT2D eigenvalue weighted by Crippen LogP contribution is 2.42. The van der Waals surface area contributed by atoms with Crippen molar-refractivity contribution >= 4 is 11.9 Å². The molecule has 0 aromatic heterocycles. The first kappa shape index (κ1) is 21.6. The molecule has 0 amide bonds. The van der Waals surface area contributed by atoms with E-state index in [1.807, 2.05) is 60.7 Å². The van der Waals surface area contributed by atoms with Crippen molar-refractivity contribution in [1.29, 1.82) is 0 Å². The standard InChI is InChI=1S/C26H24O7/c27-20-13-7-12-18(30-20)22(29)23(16-8-3-1-4-9-16)33-26-24(17-10-5-2-6-11-17)31-19-14-15-21(28)32-25(19)26/h1-11,13-15,18-19,22-26,29H,12H2/t18-,19+,22-,23-,24-,25+,26-/m1/s1. The van der Waals surface area contributed by atoms with E-state index in [1.54, 1.807) is 12.2 Å². The minimum atomic E-state index is -1.15. The van der Waals surface area contributed by atoms with Crippen LogP contribution in [0.1, 0.15) is 29.8 Å². The Morgan fingerprint density at radius 3 is 2.33 bits per heavy atom. The molecule has 0 spiro atoms. The van der Waals surface area contributed by atoms with Gasteiger partial charge in [0.2, 0.25) is 0 Å². The predicted octanol–water partition coefficient (Wildman–Crippen LogP) is 2.97. The van der Waals surface area contributed by atoms with Crippen molar-refractivity contribution in [3.63, 3.8) is 0 Å². The predicted molar refractivity (Wildman–Crippen MR) is 117 cm³/mol. The zero-order valence-electron chi connectivity index (χ0n) is 17.7. The lowest BCUT2D eigenvalue weighted by atomic mass is 9.95. The van der Waals surface area contributed by atoms with E-state index in [9.17, 15) is 14.7 Å². The Hall–Kier alpha value is -3.26. The summed E-state index contributed by atoms with van der Waals surface area (Å²) in [4.78, 5) is 23.8. The molecular weight excluding hydrogens is 424 g/mol. The topological polar surface area (TPSA) is 91.3 Å². The van der Waals surface area contributed by atoms with Gasteiger partial charge in [-0.25, -0.2) is 9.59 Å². The van der Waals surface area contributed by atoms with Gasteiger partial charge in [0, 0.05) is 18.6 Å². The normalized spacial score (nSPS) is 30.3. The average Bonchev–Trinajstić information content (AvgIpc) is 3.20. The number of carbonyl (C=O) groups is 2. The summed E-state index contributed by atoms with van der Waals surface area (Å²) in [6.07, 6.45) is 1.28. The van der Waals surface area contributed by atoms with Gasteiger partial charge in [-0.3, -0.25) is 0 Å². The summed E-state index contributed by atoms with van der Waals surface area (Å²) in [5, 5.41) is 11.3. The smallest absolute Gasteiger partial charge is 0.330 e. The average molecular weight is 448 g/mol. The van der Waals surface area contributed by atoms with E-state index < -0.39 is 54.7 Å². The molecule has 2 aromatic carbocycles. The van der Waals surface area contributed by atoms with E-state index in [0.717, 1.165) is 5.56 Å². The highest BCUT2D eigenvalue weighted by Gasteiger charge is 2.50. The molecule has 33 heavy (non-hydrogen) atoms. The van der Waals surface area contributed by atoms with Crippen molar-refractivity contribution in [2.24, 2.45) is 0 Å². The molecule has 1 saturated heterocycles. The van der Waals surface area contributed by atoms with Gasteiger partial charge in [0.15, 0.2) is 6.10 Å². The first-order valence-corrected chi connectivity index (χ1v) is 10.9. The van der Waals surface area contributed by atoms with Gasteiger partial charge in [-0.15, -0.1) is 0 Å². The van der Waals surface area contributed by atoms with Gasteiger partial charge in [-0.05, 0) is 17.2 Å². The number of carbonyl (C=O) groups excluding carboxylic acids is 2. The number of aliphatic hydroxyl groups is 1. The molecule has 0 unspecified atom stereocenters. The van der Waals surface area contributed by atoms with Crippen LogP contribution in [0.25, 0.3) is 0 Å². The van der Waals surface area contributed by atoms with Gasteiger partial charge in [0.05, 0.1) is 0 Å². The van der Waals surface area contributed by atoms with E-state index in [1.165, 1.54) is 12.2 Å². The van der Waals surface area contributed by atoms with Crippen LogP contribution >= 0.6 is 0 Å². The van der Waals surface area contributed by atoms with Crippen LogP contribution < -0.4 is 0 Å². The van der Waals surface area contributed by atoms with E-state index in [-0.39, 0.29) is 0 Å². The van der Waals surface area contributed by atoms with Gasteiger partial charge in [0.1, 0.15) is 36.6 Å². The van der Waals surface area contributed by atoms with Gasteiger partial charge in [-0.1, -0.05) is 66.7 Å². The minimum absolute atomic E-state index is 0.368. The molecule has 170 valence electrons. The number of cyclic esters (lactones) is 1. The lowest BCUT2D eigenvalue weighted by Crippen LogP contribution is -2.43. The minimum Gasteiger partial charge on any atom is -0.456 e. The molecule has 3 aliphatic heterocycles. The maximum Gasteiger partial charge on any atom is 0.330 e. The second-order valence-electron chi connectivity index (χ2n) is 8.23. The summed E-state index contributed by atoms with van der Waals surface area (Å²) in [5.41, 5.74) is 1.58. The summed E-state index contributed by atoms with van der Waals surface area (Å²) in [7, 11) is 0. The van der Waals surface area contributed by atoms with Crippen LogP contribution in [0.15, 0.2) is 85.0 Å². The Morgan fingerprint density at radius 2 is 1.61 bits per heavy atom. The van der Waals surface area contributed by atoms with Crippen molar-refractivity contribution in [1.82, 2.24) is 0 Å². The third-order valence-corrected chi connectivity index (χ3v) is 6.06.